The summed E-state index contributed by atoms with van der Waals surface area (Å²) in [7, 11) is -0.676. The Morgan fingerprint density at radius 2 is 1.69 bits per heavy atom. The first-order chi connectivity index (χ1) is 17.5. The van der Waals surface area contributed by atoms with E-state index in [1.165, 1.54) is 30.6 Å². The molecule has 1 heterocycles. The Hall–Kier alpha value is -2.27. The van der Waals surface area contributed by atoms with Gasteiger partial charge in [0.25, 0.3) is 0 Å². The number of alkyl halides is 1. The Labute approximate surface area is 216 Å². The topological polar surface area (TPSA) is 9.23 Å². The molecule has 1 nitrogen and oxygen atoms in total. The van der Waals surface area contributed by atoms with Crippen molar-refractivity contribution < 1.29 is 17.9 Å². The quantitative estimate of drug-likeness (QED) is 0.227. The molecule has 0 saturated carbocycles. The highest BCUT2D eigenvalue weighted by Crippen LogP contribution is 2.47. The van der Waals surface area contributed by atoms with Gasteiger partial charge in [-0.2, -0.15) is 0 Å². The number of rotatable bonds is 10. The van der Waals surface area contributed by atoms with E-state index in [0.717, 1.165) is 37.7 Å². The fraction of sp³-hybridized carbons (Fsp3) is 0.484. The van der Waals surface area contributed by atoms with E-state index in [0.29, 0.717) is 17.7 Å². The number of ether oxygens (including phenoxy) is 1. The molecule has 1 aliphatic heterocycles. The van der Waals surface area contributed by atoms with Crippen LogP contribution in [0.5, 0.6) is 0 Å². The van der Waals surface area contributed by atoms with Crippen LogP contribution in [-0.4, -0.2) is 15.4 Å². The van der Waals surface area contributed by atoms with E-state index in [9.17, 15) is 0 Å². The van der Waals surface area contributed by atoms with Crippen molar-refractivity contribution in [1.29, 1.82) is 0 Å². The van der Waals surface area contributed by atoms with Crippen molar-refractivity contribution in [2.24, 2.45) is 0 Å². The fourth-order valence-corrected chi connectivity index (χ4v) is 9.30. The van der Waals surface area contributed by atoms with Gasteiger partial charge >= 0.3 is 0 Å². The van der Waals surface area contributed by atoms with Gasteiger partial charge in [0.2, 0.25) is 0 Å². The summed E-state index contributed by atoms with van der Waals surface area (Å²) in [6.45, 7) is 4.68. The molecule has 1 fully saturated rings. The third-order valence-electron chi connectivity index (χ3n) is 7.89. The average molecular weight is 513 g/mol. The van der Waals surface area contributed by atoms with Crippen LogP contribution in [0.1, 0.15) is 75.8 Å². The average Bonchev–Trinajstić information content (AvgIpc) is 2.90. The minimum absolute atomic E-state index is 0.0584. The van der Waals surface area contributed by atoms with E-state index in [-0.39, 0.29) is 29.5 Å². The van der Waals surface area contributed by atoms with Crippen molar-refractivity contribution in [2.45, 2.75) is 88.5 Å². The highest BCUT2D eigenvalue weighted by Gasteiger charge is 2.43. The minimum atomic E-state index is -2.39. The molecule has 194 valence electrons. The normalized spacial score (nSPS) is 24.2. The summed E-state index contributed by atoms with van der Waals surface area (Å²) < 4.78 is 53.7. The summed E-state index contributed by atoms with van der Waals surface area (Å²) in [4.78, 5) is 0. The van der Waals surface area contributed by atoms with Gasteiger partial charge in [0.05, 0.1) is 6.61 Å². The van der Waals surface area contributed by atoms with Gasteiger partial charge in [0.15, 0.2) is 17.3 Å². The first-order valence-corrected chi connectivity index (χ1v) is 16.2. The van der Waals surface area contributed by atoms with Crippen LogP contribution < -0.4 is 0 Å². The van der Waals surface area contributed by atoms with Gasteiger partial charge in [-0.05, 0) is 42.4 Å². The Bertz CT molecular complexity index is 1090. The molecule has 1 unspecified atom stereocenters. The van der Waals surface area contributed by atoms with Crippen molar-refractivity contribution in [3.8, 4) is 11.1 Å². The van der Waals surface area contributed by atoms with Gasteiger partial charge in [0, 0.05) is 26.3 Å². The molecule has 2 aliphatic rings. The highest BCUT2D eigenvalue weighted by atomic mass is 28.3. The SMILES string of the molecule is CCCCCOC1=C(F)C(F)(c2ccccc2-c2cccc([C@H]3CC[Si@H](CCC)CC3)c2F)CC=C1. The van der Waals surface area contributed by atoms with Crippen LogP contribution in [0.4, 0.5) is 13.2 Å². The van der Waals surface area contributed by atoms with E-state index in [4.69, 9.17) is 4.74 Å². The summed E-state index contributed by atoms with van der Waals surface area (Å²) in [6.07, 6.45) is 9.08. The zero-order chi connectivity index (χ0) is 25.5. The highest BCUT2D eigenvalue weighted by molar-refractivity contribution is 6.59. The molecule has 4 rings (SSSR count). The lowest BCUT2D eigenvalue weighted by Crippen LogP contribution is -2.25. The summed E-state index contributed by atoms with van der Waals surface area (Å²) in [5, 5.41) is 0. The second kappa shape index (κ2) is 12.3. The number of unbranched alkanes of at least 4 members (excludes halogenated alkanes) is 2. The molecule has 0 N–H and O–H groups in total. The molecule has 0 spiro atoms. The molecule has 5 heteroatoms. The lowest BCUT2D eigenvalue weighted by Gasteiger charge is -2.30. The predicted octanol–water partition coefficient (Wildman–Crippen LogP) is 9.52. The minimum Gasteiger partial charge on any atom is -0.491 e. The van der Waals surface area contributed by atoms with Crippen molar-refractivity contribution in [1.82, 2.24) is 0 Å². The zero-order valence-corrected chi connectivity index (χ0v) is 22.8. The number of hydrogen-bond donors (Lipinski definition) is 0. The van der Waals surface area contributed by atoms with Crippen LogP contribution in [0.25, 0.3) is 11.1 Å². The van der Waals surface area contributed by atoms with Crippen LogP contribution >= 0.6 is 0 Å². The van der Waals surface area contributed by atoms with Crippen molar-refractivity contribution in [2.75, 3.05) is 6.61 Å². The molecule has 2 aromatic carbocycles. The van der Waals surface area contributed by atoms with Crippen LogP contribution in [0, 0.1) is 5.82 Å². The van der Waals surface area contributed by atoms with E-state index in [1.807, 2.05) is 12.1 Å². The number of allylic oxidation sites excluding steroid dienone is 3. The largest absolute Gasteiger partial charge is 0.491 e. The van der Waals surface area contributed by atoms with E-state index < -0.39 is 20.3 Å². The maximum atomic E-state index is 16.5. The molecular formula is C31H39F3OSi. The van der Waals surface area contributed by atoms with Crippen LogP contribution in [0.15, 0.2) is 66.2 Å². The first kappa shape index (κ1) is 26.8. The molecule has 0 amide bonds. The molecule has 0 aromatic heterocycles. The Balaban J connectivity index is 1.65. The molecule has 1 atom stereocenters. The fourth-order valence-electron chi connectivity index (χ4n) is 5.87. The molecule has 0 radical (unpaired) electrons. The molecule has 0 bridgehead atoms. The van der Waals surface area contributed by atoms with Crippen LogP contribution in [0.3, 0.4) is 0 Å². The van der Waals surface area contributed by atoms with Crippen LogP contribution in [-0.2, 0) is 10.4 Å². The molecule has 36 heavy (non-hydrogen) atoms. The maximum Gasteiger partial charge on any atom is 0.194 e. The Morgan fingerprint density at radius 3 is 2.44 bits per heavy atom. The lowest BCUT2D eigenvalue weighted by atomic mass is 9.81. The van der Waals surface area contributed by atoms with Crippen molar-refractivity contribution >= 4 is 8.80 Å². The van der Waals surface area contributed by atoms with Gasteiger partial charge < -0.3 is 4.74 Å². The second-order valence-electron chi connectivity index (χ2n) is 10.4. The summed E-state index contributed by atoms with van der Waals surface area (Å²) in [6, 6.07) is 16.1. The third kappa shape index (κ3) is 5.66. The second-order valence-corrected chi connectivity index (χ2v) is 13.9. The first-order valence-electron chi connectivity index (χ1n) is 13.8. The van der Waals surface area contributed by atoms with Crippen LogP contribution in [0.2, 0.25) is 18.1 Å². The van der Waals surface area contributed by atoms with Gasteiger partial charge in [-0.1, -0.05) is 99.8 Å². The molecule has 1 aliphatic carbocycles. The number of hydrogen-bond acceptors (Lipinski definition) is 1. The van der Waals surface area contributed by atoms with Gasteiger partial charge in [-0.15, -0.1) is 0 Å². The summed E-state index contributed by atoms with van der Waals surface area (Å²) in [5.41, 5.74) is -0.766. The molecule has 1 saturated heterocycles. The van der Waals surface area contributed by atoms with Gasteiger partial charge in [-0.25, -0.2) is 13.2 Å². The number of benzene rings is 2. The van der Waals surface area contributed by atoms with Gasteiger partial charge in [0.1, 0.15) is 5.82 Å². The van der Waals surface area contributed by atoms with Gasteiger partial charge in [-0.3, -0.25) is 0 Å². The smallest absolute Gasteiger partial charge is 0.194 e. The number of halogens is 3. The monoisotopic (exact) mass is 512 g/mol. The van der Waals surface area contributed by atoms with E-state index in [1.54, 1.807) is 36.4 Å². The maximum absolute atomic E-state index is 16.5. The zero-order valence-electron chi connectivity index (χ0n) is 21.7. The standard InChI is InChI=1S/C31H39F3OSi/c1-3-5-8-19-35-28-15-10-18-31(34,30(28)33)27-14-7-6-11-25(27)26-13-9-12-24(29(26)32)23-16-21-36(20-4-2)22-17-23/h6-7,9-15,23,36H,3-5,8,16-22H2,1-2H3/t23-,31?,36-. The third-order valence-corrected chi connectivity index (χ3v) is 11.6. The molecular weight excluding hydrogens is 473 g/mol. The van der Waals surface area contributed by atoms with Crippen molar-refractivity contribution in [3.05, 3.63) is 83.1 Å². The van der Waals surface area contributed by atoms with E-state index in [2.05, 4.69) is 13.8 Å². The van der Waals surface area contributed by atoms with Crippen molar-refractivity contribution in [3.63, 3.8) is 0 Å². The van der Waals surface area contributed by atoms with E-state index >= 15 is 13.2 Å². The summed E-state index contributed by atoms with van der Waals surface area (Å²) >= 11 is 0. The Morgan fingerprint density at radius 1 is 0.944 bits per heavy atom. The Kier molecular flexibility index (Phi) is 9.16. The summed E-state index contributed by atoms with van der Waals surface area (Å²) in [5.74, 6) is -1.07. The lowest BCUT2D eigenvalue weighted by molar-refractivity contribution is 0.138. The molecule has 2 aromatic rings. The predicted molar refractivity (Wildman–Crippen MR) is 146 cm³/mol.